The Bertz CT molecular complexity index is 750. The fraction of sp³-hybridized carbons (Fsp3) is 0.250. The van der Waals surface area contributed by atoms with Gasteiger partial charge in [-0.05, 0) is 17.5 Å². The van der Waals surface area contributed by atoms with Gasteiger partial charge in [-0.1, -0.05) is 18.2 Å². The van der Waals surface area contributed by atoms with Crippen LogP contribution in [0.1, 0.15) is 0 Å². The van der Waals surface area contributed by atoms with E-state index >= 15 is 0 Å². The first-order valence-electron chi connectivity index (χ1n) is 7.36. The van der Waals surface area contributed by atoms with Crippen LogP contribution in [0.2, 0.25) is 0 Å². The first kappa shape index (κ1) is 17.0. The third-order valence-corrected chi connectivity index (χ3v) is 5.00. The second-order valence-corrected chi connectivity index (χ2v) is 6.39. The molecule has 0 radical (unpaired) electrons. The molecule has 0 saturated carbocycles. The number of hydrogen-bond acceptors (Lipinski definition) is 6. The second-order valence-electron chi connectivity index (χ2n) is 5.40. The van der Waals surface area contributed by atoms with Crippen LogP contribution in [0.25, 0.3) is 0 Å². The molecule has 1 fully saturated rings. The molecule has 2 amide bonds. The van der Waals surface area contributed by atoms with E-state index in [2.05, 4.69) is 5.32 Å². The Hall–Kier alpha value is -2.81. The fourth-order valence-corrected chi connectivity index (χ4v) is 3.82. The van der Waals surface area contributed by atoms with Gasteiger partial charge in [0.1, 0.15) is 23.5 Å². The van der Waals surface area contributed by atoms with Gasteiger partial charge in [-0.3, -0.25) is 14.4 Å². The van der Waals surface area contributed by atoms with Crippen molar-refractivity contribution in [1.29, 1.82) is 0 Å². The highest BCUT2D eigenvalue weighted by Gasteiger charge is 2.55. The van der Waals surface area contributed by atoms with E-state index < -0.39 is 35.2 Å². The molecule has 2 unspecified atom stereocenters. The molecular formula is C16H14N2O6S. The number of hydrogen-bond donors (Lipinski definition) is 2. The maximum absolute atomic E-state index is 12.2. The predicted octanol–water partition coefficient (Wildman–Crippen LogP) is 0.00130. The molecule has 2 heterocycles. The number of amides is 2. The maximum atomic E-state index is 12.2. The number of fused-ring (bicyclic) bond motifs is 1. The van der Waals surface area contributed by atoms with Gasteiger partial charge in [-0.2, -0.15) is 0 Å². The zero-order chi connectivity index (χ0) is 18.0. The number of nitrogens with one attached hydrogen (secondary N) is 1. The van der Waals surface area contributed by atoms with Crippen molar-refractivity contribution in [2.75, 3.05) is 6.61 Å². The first-order chi connectivity index (χ1) is 12.0. The average Bonchev–Trinajstić information content (AvgIpc) is 2.63. The SMILES string of the molecule is O=CC1=CS[C@@H]2C(NC(=O)COc3ccccc3)C(=O)N2C1C(=O)O. The first-order valence-corrected chi connectivity index (χ1v) is 8.30. The number of rotatable bonds is 6. The van der Waals surface area contributed by atoms with Crippen molar-refractivity contribution in [3.63, 3.8) is 0 Å². The van der Waals surface area contributed by atoms with E-state index in [9.17, 15) is 24.3 Å². The number of para-hydroxylation sites is 1. The number of aldehydes is 1. The van der Waals surface area contributed by atoms with Crippen LogP contribution in [0.15, 0.2) is 41.3 Å². The summed E-state index contributed by atoms with van der Waals surface area (Å²) in [6, 6.07) is 6.58. The van der Waals surface area contributed by atoms with Gasteiger partial charge in [-0.25, -0.2) is 4.79 Å². The monoisotopic (exact) mass is 362 g/mol. The lowest BCUT2D eigenvalue weighted by Gasteiger charge is -2.50. The van der Waals surface area contributed by atoms with Gasteiger partial charge < -0.3 is 20.1 Å². The van der Waals surface area contributed by atoms with Gasteiger partial charge in [0, 0.05) is 5.57 Å². The van der Waals surface area contributed by atoms with Crippen molar-refractivity contribution >= 4 is 35.8 Å². The molecule has 0 bridgehead atoms. The van der Waals surface area contributed by atoms with Crippen LogP contribution in [-0.4, -0.2) is 58.1 Å². The summed E-state index contributed by atoms with van der Waals surface area (Å²) < 4.78 is 5.31. The van der Waals surface area contributed by atoms with Crippen molar-refractivity contribution in [3.8, 4) is 5.75 Å². The number of benzene rings is 1. The zero-order valence-electron chi connectivity index (χ0n) is 12.8. The number of carbonyl (C=O) groups excluding carboxylic acids is 3. The van der Waals surface area contributed by atoms with Crippen LogP contribution in [0.3, 0.4) is 0 Å². The summed E-state index contributed by atoms with van der Waals surface area (Å²) in [6.07, 6.45) is 0.425. The number of aliphatic carboxylic acids is 1. The molecular weight excluding hydrogens is 348 g/mol. The third kappa shape index (κ3) is 3.22. The second kappa shape index (κ2) is 6.98. The number of carbonyl (C=O) groups is 4. The fourth-order valence-electron chi connectivity index (χ4n) is 2.65. The minimum atomic E-state index is -1.31. The van der Waals surface area contributed by atoms with Gasteiger partial charge in [0.25, 0.3) is 5.91 Å². The Labute approximate surface area is 146 Å². The number of carboxylic acids is 1. The summed E-state index contributed by atoms with van der Waals surface area (Å²) in [7, 11) is 0. The summed E-state index contributed by atoms with van der Waals surface area (Å²) >= 11 is 1.13. The van der Waals surface area contributed by atoms with Crippen molar-refractivity contribution in [1.82, 2.24) is 10.2 Å². The number of β-lactam (4-membered cyclic amide) rings is 1. The molecule has 1 saturated heterocycles. The Balaban J connectivity index is 1.61. The Morgan fingerprint density at radius 2 is 2.04 bits per heavy atom. The lowest BCUT2D eigenvalue weighted by Crippen LogP contribution is -2.74. The van der Waals surface area contributed by atoms with E-state index in [1.54, 1.807) is 24.3 Å². The van der Waals surface area contributed by atoms with Crippen LogP contribution in [0, 0.1) is 0 Å². The van der Waals surface area contributed by atoms with E-state index in [0.717, 1.165) is 16.7 Å². The number of nitrogens with zero attached hydrogens (tertiary/aromatic N) is 1. The van der Waals surface area contributed by atoms with E-state index in [0.29, 0.717) is 12.0 Å². The molecule has 9 heteroatoms. The van der Waals surface area contributed by atoms with Crippen LogP contribution < -0.4 is 10.1 Å². The Kier molecular flexibility index (Phi) is 4.75. The minimum absolute atomic E-state index is 0.0132. The van der Waals surface area contributed by atoms with Crippen molar-refractivity contribution in [3.05, 3.63) is 41.3 Å². The summed E-state index contributed by atoms with van der Waals surface area (Å²) in [4.78, 5) is 47.6. The standard InChI is InChI=1S/C16H14N2O6S/c19-6-9-8-25-15-12(14(21)18(15)13(9)16(22)23)17-11(20)7-24-10-4-2-1-3-5-10/h1-6,8,12-13,15H,7H2,(H,17,20)(H,22,23)/t12?,13?,15-/m1/s1. The number of ether oxygens (including phenoxy) is 1. The molecule has 0 aliphatic carbocycles. The smallest absolute Gasteiger partial charge is 0.331 e. The van der Waals surface area contributed by atoms with Gasteiger partial charge in [0.05, 0.1) is 0 Å². The summed E-state index contributed by atoms with van der Waals surface area (Å²) in [5.74, 6) is -1.78. The molecule has 0 aromatic heterocycles. The van der Waals surface area contributed by atoms with E-state index in [-0.39, 0.29) is 12.2 Å². The van der Waals surface area contributed by atoms with Crippen molar-refractivity contribution in [2.45, 2.75) is 17.5 Å². The van der Waals surface area contributed by atoms with Crippen LogP contribution >= 0.6 is 11.8 Å². The highest BCUT2D eigenvalue weighted by molar-refractivity contribution is 8.03. The maximum Gasteiger partial charge on any atom is 0.331 e. The molecule has 0 spiro atoms. The number of thioether (sulfide) groups is 1. The lowest BCUT2D eigenvalue weighted by atomic mass is 9.98. The molecule has 25 heavy (non-hydrogen) atoms. The third-order valence-electron chi connectivity index (χ3n) is 3.82. The molecule has 3 atom stereocenters. The van der Waals surface area contributed by atoms with Crippen LogP contribution in [-0.2, 0) is 19.2 Å². The predicted molar refractivity (Wildman–Crippen MR) is 87.7 cm³/mol. The van der Waals surface area contributed by atoms with Crippen molar-refractivity contribution < 1.29 is 29.0 Å². The number of carboxylic acid groups (broad SMARTS) is 1. The highest BCUT2D eigenvalue weighted by atomic mass is 32.2. The molecule has 130 valence electrons. The highest BCUT2D eigenvalue weighted by Crippen LogP contribution is 2.39. The van der Waals surface area contributed by atoms with Crippen LogP contribution in [0.5, 0.6) is 5.75 Å². The molecule has 1 aromatic rings. The normalized spacial score (nSPS) is 24.5. The van der Waals surface area contributed by atoms with Crippen LogP contribution in [0.4, 0.5) is 0 Å². The largest absolute Gasteiger partial charge is 0.484 e. The van der Waals surface area contributed by atoms with Gasteiger partial charge >= 0.3 is 5.97 Å². The minimum Gasteiger partial charge on any atom is -0.484 e. The topological polar surface area (TPSA) is 113 Å². The molecule has 8 nitrogen and oxygen atoms in total. The molecule has 2 N–H and O–H groups in total. The lowest BCUT2D eigenvalue weighted by molar-refractivity contribution is -0.160. The summed E-state index contributed by atoms with van der Waals surface area (Å²) in [5, 5.41) is 12.6. The van der Waals surface area contributed by atoms with E-state index in [1.165, 1.54) is 5.41 Å². The van der Waals surface area contributed by atoms with E-state index in [1.807, 2.05) is 6.07 Å². The Morgan fingerprint density at radius 3 is 2.68 bits per heavy atom. The van der Waals surface area contributed by atoms with Gasteiger partial charge in [0.2, 0.25) is 5.91 Å². The van der Waals surface area contributed by atoms with Crippen molar-refractivity contribution in [2.24, 2.45) is 0 Å². The molecule has 2 aliphatic heterocycles. The molecule has 1 aromatic carbocycles. The zero-order valence-corrected chi connectivity index (χ0v) is 13.6. The van der Waals surface area contributed by atoms with Gasteiger partial charge in [0.15, 0.2) is 12.6 Å². The van der Waals surface area contributed by atoms with E-state index in [4.69, 9.17) is 4.74 Å². The Morgan fingerprint density at radius 1 is 1.32 bits per heavy atom. The quantitative estimate of drug-likeness (QED) is 0.541. The summed E-state index contributed by atoms with van der Waals surface area (Å²) in [5.41, 5.74) is 0.0132. The average molecular weight is 362 g/mol. The molecule has 3 rings (SSSR count). The molecule has 2 aliphatic rings. The summed E-state index contributed by atoms with van der Waals surface area (Å²) in [6.45, 7) is -0.261. The van der Waals surface area contributed by atoms with Gasteiger partial charge in [-0.15, -0.1) is 11.8 Å².